The maximum Gasteiger partial charge on any atom is 0.146 e. The monoisotopic (exact) mass is 325 g/mol. The van der Waals surface area contributed by atoms with Crippen LogP contribution in [0.4, 0.5) is 10.1 Å². The first kappa shape index (κ1) is 13.7. The van der Waals surface area contributed by atoms with Crippen LogP contribution in [0.15, 0.2) is 40.9 Å². The van der Waals surface area contributed by atoms with E-state index in [1.54, 1.807) is 19.1 Å². The summed E-state index contributed by atoms with van der Waals surface area (Å²) >= 11 is 3.27. The molecule has 2 aromatic rings. The van der Waals surface area contributed by atoms with Crippen molar-refractivity contribution in [1.29, 1.82) is 0 Å². The van der Waals surface area contributed by atoms with E-state index in [0.717, 1.165) is 4.47 Å². The zero-order valence-electron chi connectivity index (χ0n) is 10.2. The van der Waals surface area contributed by atoms with E-state index in [9.17, 15) is 14.6 Å². The molecule has 0 aromatic heterocycles. The Morgan fingerprint density at radius 3 is 2.63 bits per heavy atom. The van der Waals surface area contributed by atoms with Gasteiger partial charge in [0, 0.05) is 10.0 Å². The summed E-state index contributed by atoms with van der Waals surface area (Å²) in [5, 5.41) is 22.1. The molecule has 2 rings (SSSR count). The highest BCUT2D eigenvalue weighted by Gasteiger charge is 2.13. The van der Waals surface area contributed by atoms with Gasteiger partial charge in [-0.25, -0.2) is 4.39 Å². The number of phenols is 2. The molecule has 0 aliphatic rings. The van der Waals surface area contributed by atoms with Crippen LogP contribution in [0.3, 0.4) is 0 Å². The molecule has 3 N–H and O–H groups in total. The zero-order valence-corrected chi connectivity index (χ0v) is 11.8. The molecule has 1 unspecified atom stereocenters. The molecule has 0 aliphatic carbocycles. The van der Waals surface area contributed by atoms with Crippen molar-refractivity contribution < 1.29 is 14.6 Å². The highest BCUT2D eigenvalue weighted by molar-refractivity contribution is 9.10. The highest BCUT2D eigenvalue weighted by atomic mass is 79.9. The fourth-order valence-corrected chi connectivity index (χ4v) is 2.17. The predicted octanol–water partition coefficient (Wildman–Crippen LogP) is 4.17. The summed E-state index contributed by atoms with van der Waals surface area (Å²) in [7, 11) is 0. The second-order valence-corrected chi connectivity index (χ2v) is 5.15. The molecule has 0 amide bonds. The molecule has 0 spiro atoms. The number of benzene rings is 2. The highest BCUT2D eigenvalue weighted by Crippen LogP contribution is 2.31. The molecule has 0 radical (unpaired) electrons. The van der Waals surface area contributed by atoms with Crippen molar-refractivity contribution in [3.05, 3.63) is 52.3 Å². The minimum Gasteiger partial charge on any atom is -0.508 e. The first-order valence-electron chi connectivity index (χ1n) is 5.71. The van der Waals surface area contributed by atoms with Crippen molar-refractivity contribution in [1.82, 2.24) is 0 Å². The molecule has 100 valence electrons. The number of rotatable bonds is 3. The third-order valence-electron chi connectivity index (χ3n) is 2.78. The van der Waals surface area contributed by atoms with Gasteiger partial charge in [0.15, 0.2) is 0 Å². The van der Waals surface area contributed by atoms with Crippen molar-refractivity contribution in [3.8, 4) is 11.5 Å². The third-order valence-corrected chi connectivity index (χ3v) is 3.27. The minimum atomic E-state index is -0.380. The van der Waals surface area contributed by atoms with Gasteiger partial charge in [-0.1, -0.05) is 15.9 Å². The largest absolute Gasteiger partial charge is 0.508 e. The Labute approximate surface area is 118 Å². The summed E-state index contributed by atoms with van der Waals surface area (Å²) in [6.45, 7) is 1.77. The second-order valence-electron chi connectivity index (χ2n) is 4.23. The number of anilines is 1. The quantitative estimate of drug-likeness (QED) is 0.742. The van der Waals surface area contributed by atoms with Crippen LogP contribution in [-0.4, -0.2) is 10.2 Å². The molecule has 1 atom stereocenters. The van der Waals surface area contributed by atoms with Gasteiger partial charge in [-0.05, 0) is 43.3 Å². The Balaban J connectivity index is 2.27. The topological polar surface area (TPSA) is 52.5 Å². The number of nitrogens with one attached hydrogen (secondary N) is 1. The fourth-order valence-electron chi connectivity index (χ4n) is 1.81. The molecule has 3 nitrogen and oxygen atoms in total. The molecule has 5 heteroatoms. The molecule has 0 aliphatic heterocycles. The SMILES string of the molecule is CC(Nc1cc(Br)ccc1F)c1cc(O)ccc1O. The van der Waals surface area contributed by atoms with Gasteiger partial charge in [-0.15, -0.1) is 0 Å². The van der Waals surface area contributed by atoms with E-state index in [1.807, 2.05) is 0 Å². The van der Waals surface area contributed by atoms with Crippen molar-refractivity contribution >= 4 is 21.6 Å². The summed E-state index contributed by atoms with van der Waals surface area (Å²) in [5.74, 6) is -0.279. The van der Waals surface area contributed by atoms with Crippen molar-refractivity contribution in [2.24, 2.45) is 0 Å². The van der Waals surface area contributed by atoms with Crippen molar-refractivity contribution in [2.45, 2.75) is 13.0 Å². The van der Waals surface area contributed by atoms with E-state index >= 15 is 0 Å². The molecule has 19 heavy (non-hydrogen) atoms. The van der Waals surface area contributed by atoms with Crippen LogP contribution in [0.2, 0.25) is 0 Å². The minimum absolute atomic E-state index is 0.0493. The Morgan fingerprint density at radius 2 is 1.89 bits per heavy atom. The summed E-state index contributed by atoms with van der Waals surface area (Å²) in [6, 6.07) is 8.47. The Hall–Kier alpha value is -1.75. The molecular formula is C14H13BrFNO2. The summed E-state index contributed by atoms with van der Waals surface area (Å²) in [4.78, 5) is 0. The van der Waals surface area contributed by atoms with Crippen molar-refractivity contribution in [2.75, 3.05) is 5.32 Å². The molecule has 0 saturated heterocycles. The standard InChI is InChI=1S/C14H13BrFNO2/c1-8(11-7-10(18)3-5-14(11)19)17-13-6-9(15)2-4-12(13)16/h2-8,17-19H,1H3. The van der Waals surface area contributed by atoms with Crippen LogP contribution in [-0.2, 0) is 0 Å². The molecule has 0 saturated carbocycles. The van der Waals surface area contributed by atoms with Crippen molar-refractivity contribution in [3.63, 3.8) is 0 Å². The number of hydrogen-bond acceptors (Lipinski definition) is 3. The first-order chi connectivity index (χ1) is 8.97. The lowest BCUT2D eigenvalue weighted by atomic mass is 10.1. The lowest BCUT2D eigenvalue weighted by Gasteiger charge is -2.17. The Kier molecular flexibility index (Phi) is 3.95. The lowest BCUT2D eigenvalue weighted by molar-refractivity contribution is 0.451. The van der Waals surface area contributed by atoms with Gasteiger partial charge in [0.05, 0.1) is 11.7 Å². The molecular weight excluding hydrogens is 313 g/mol. The smallest absolute Gasteiger partial charge is 0.146 e. The van der Waals surface area contributed by atoms with Crippen LogP contribution >= 0.6 is 15.9 Å². The second kappa shape index (κ2) is 5.48. The van der Waals surface area contributed by atoms with Gasteiger partial charge in [0.2, 0.25) is 0 Å². The van der Waals surface area contributed by atoms with Crippen LogP contribution < -0.4 is 5.32 Å². The molecule has 0 bridgehead atoms. The summed E-state index contributed by atoms with van der Waals surface area (Å²) < 4.78 is 14.4. The molecule has 2 aromatic carbocycles. The fraction of sp³-hybridized carbons (Fsp3) is 0.143. The van der Waals surface area contributed by atoms with Gasteiger partial charge in [-0.3, -0.25) is 0 Å². The van der Waals surface area contributed by atoms with Crippen LogP contribution in [0.25, 0.3) is 0 Å². The van der Waals surface area contributed by atoms with E-state index in [4.69, 9.17) is 0 Å². The maximum atomic E-state index is 13.6. The van der Waals surface area contributed by atoms with E-state index in [2.05, 4.69) is 21.2 Å². The maximum absolute atomic E-state index is 13.6. The summed E-state index contributed by atoms with van der Waals surface area (Å²) in [6.07, 6.45) is 0. The van der Waals surface area contributed by atoms with Crippen LogP contribution in [0, 0.1) is 5.82 Å². The molecule has 0 fully saturated rings. The van der Waals surface area contributed by atoms with E-state index in [0.29, 0.717) is 11.3 Å². The lowest BCUT2D eigenvalue weighted by Crippen LogP contribution is -2.08. The Morgan fingerprint density at radius 1 is 1.16 bits per heavy atom. The number of hydrogen-bond donors (Lipinski definition) is 3. The van der Waals surface area contributed by atoms with Crippen LogP contribution in [0.5, 0.6) is 11.5 Å². The van der Waals surface area contributed by atoms with Gasteiger partial charge in [0.1, 0.15) is 17.3 Å². The average molecular weight is 326 g/mol. The Bertz CT molecular complexity index is 604. The average Bonchev–Trinajstić information content (AvgIpc) is 2.36. The van der Waals surface area contributed by atoms with Gasteiger partial charge < -0.3 is 15.5 Å². The van der Waals surface area contributed by atoms with Gasteiger partial charge in [0.25, 0.3) is 0 Å². The molecule has 0 heterocycles. The predicted molar refractivity (Wildman–Crippen MR) is 75.9 cm³/mol. The van der Waals surface area contributed by atoms with Crippen LogP contribution in [0.1, 0.15) is 18.5 Å². The number of halogens is 2. The van der Waals surface area contributed by atoms with E-state index < -0.39 is 0 Å². The van der Waals surface area contributed by atoms with Gasteiger partial charge >= 0.3 is 0 Å². The van der Waals surface area contributed by atoms with Gasteiger partial charge in [-0.2, -0.15) is 0 Å². The van der Waals surface area contributed by atoms with E-state index in [1.165, 1.54) is 24.3 Å². The van der Waals surface area contributed by atoms with E-state index in [-0.39, 0.29) is 23.4 Å². The number of phenolic OH excluding ortho intramolecular Hbond substituents is 2. The summed E-state index contributed by atoms with van der Waals surface area (Å²) in [5.41, 5.74) is 0.823. The first-order valence-corrected chi connectivity index (χ1v) is 6.50. The third kappa shape index (κ3) is 3.17. The normalized spacial score (nSPS) is 12.2. The number of aromatic hydroxyl groups is 2. The zero-order chi connectivity index (χ0) is 14.0.